The number of thiazole rings is 1. The molecular formula is C12H16N2O3S. The average Bonchev–Trinajstić information content (AvgIpc) is 2.73. The van der Waals surface area contributed by atoms with E-state index in [1.54, 1.807) is 6.20 Å². The van der Waals surface area contributed by atoms with E-state index in [9.17, 15) is 9.59 Å². The SMILES string of the molecule is C/C(C(=O)O)=C(\C)C(=O)NC(C)c1ncc(C)s1. The summed E-state index contributed by atoms with van der Waals surface area (Å²) >= 11 is 1.51. The zero-order valence-electron chi connectivity index (χ0n) is 10.8. The third-order valence-corrected chi connectivity index (χ3v) is 3.68. The Balaban J connectivity index is 2.77. The van der Waals surface area contributed by atoms with Crippen molar-refractivity contribution < 1.29 is 14.7 Å². The van der Waals surface area contributed by atoms with Crippen molar-refractivity contribution in [3.05, 3.63) is 27.2 Å². The third-order valence-electron chi connectivity index (χ3n) is 2.58. The topological polar surface area (TPSA) is 79.3 Å². The molecule has 0 aliphatic rings. The van der Waals surface area contributed by atoms with Crippen LogP contribution in [-0.4, -0.2) is 22.0 Å². The Labute approximate surface area is 110 Å². The van der Waals surface area contributed by atoms with Crippen LogP contribution in [0.2, 0.25) is 0 Å². The minimum Gasteiger partial charge on any atom is -0.478 e. The van der Waals surface area contributed by atoms with Crippen LogP contribution in [0, 0.1) is 6.92 Å². The van der Waals surface area contributed by atoms with Crippen molar-refractivity contribution in [2.24, 2.45) is 0 Å². The van der Waals surface area contributed by atoms with Gasteiger partial charge in [-0.1, -0.05) is 0 Å². The molecule has 0 spiro atoms. The van der Waals surface area contributed by atoms with Crippen molar-refractivity contribution in [3.8, 4) is 0 Å². The molecule has 1 aromatic heterocycles. The number of hydrogen-bond acceptors (Lipinski definition) is 4. The van der Waals surface area contributed by atoms with Gasteiger partial charge in [0.1, 0.15) is 5.01 Å². The first-order valence-corrected chi connectivity index (χ1v) is 6.28. The van der Waals surface area contributed by atoms with E-state index in [1.165, 1.54) is 25.2 Å². The number of aromatic nitrogens is 1. The first-order chi connectivity index (χ1) is 8.32. The molecule has 6 heteroatoms. The fourth-order valence-electron chi connectivity index (χ4n) is 1.27. The summed E-state index contributed by atoms with van der Waals surface area (Å²) in [6, 6.07) is -0.229. The normalized spacial score (nSPS) is 13.8. The Morgan fingerprint density at radius 3 is 2.44 bits per heavy atom. The van der Waals surface area contributed by atoms with Crippen molar-refractivity contribution in [2.75, 3.05) is 0 Å². The van der Waals surface area contributed by atoms with E-state index in [1.807, 2.05) is 13.8 Å². The summed E-state index contributed by atoms with van der Waals surface area (Å²) in [5.74, 6) is -1.46. The van der Waals surface area contributed by atoms with Crippen molar-refractivity contribution in [2.45, 2.75) is 33.7 Å². The van der Waals surface area contributed by atoms with E-state index in [-0.39, 0.29) is 23.1 Å². The molecule has 5 nitrogen and oxygen atoms in total. The molecule has 0 radical (unpaired) electrons. The first-order valence-electron chi connectivity index (χ1n) is 5.47. The maximum absolute atomic E-state index is 11.8. The molecule has 98 valence electrons. The molecule has 1 aromatic rings. The summed E-state index contributed by atoms with van der Waals surface area (Å²) in [6.07, 6.45) is 1.74. The molecule has 1 heterocycles. The van der Waals surface area contributed by atoms with Crippen LogP contribution in [0.4, 0.5) is 0 Å². The molecule has 2 N–H and O–H groups in total. The van der Waals surface area contributed by atoms with E-state index in [2.05, 4.69) is 10.3 Å². The van der Waals surface area contributed by atoms with E-state index >= 15 is 0 Å². The van der Waals surface area contributed by atoms with Crippen LogP contribution in [-0.2, 0) is 9.59 Å². The van der Waals surface area contributed by atoms with Gasteiger partial charge in [0.05, 0.1) is 6.04 Å². The second-order valence-electron chi connectivity index (χ2n) is 4.06. The molecule has 0 aliphatic heterocycles. The summed E-state index contributed by atoms with van der Waals surface area (Å²) in [5, 5.41) is 12.3. The Bertz CT molecular complexity index is 505. The van der Waals surface area contributed by atoms with Gasteiger partial charge in [0.15, 0.2) is 0 Å². The highest BCUT2D eigenvalue weighted by molar-refractivity contribution is 7.11. The highest BCUT2D eigenvalue weighted by atomic mass is 32.1. The van der Waals surface area contributed by atoms with Gasteiger partial charge in [-0.25, -0.2) is 9.78 Å². The number of carbonyl (C=O) groups excluding carboxylic acids is 1. The largest absolute Gasteiger partial charge is 0.478 e. The minimum atomic E-state index is -1.08. The lowest BCUT2D eigenvalue weighted by Gasteiger charge is -2.12. The molecule has 1 amide bonds. The van der Waals surface area contributed by atoms with Gasteiger partial charge in [-0.05, 0) is 27.7 Å². The van der Waals surface area contributed by atoms with Gasteiger partial charge < -0.3 is 10.4 Å². The number of carboxylic acids is 1. The minimum absolute atomic E-state index is 0.0509. The standard InChI is InChI=1S/C12H16N2O3S/c1-6-5-13-11(18-6)9(4)14-10(15)7(2)8(3)12(16)17/h5,9H,1-4H3,(H,14,15)(H,16,17)/b8-7-. The number of nitrogens with one attached hydrogen (secondary N) is 1. The number of aliphatic carboxylic acids is 1. The zero-order valence-corrected chi connectivity index (χ0v) is 11.6. The molecule has 0 saturated carbocycles. The van der Waals surface area contributed by atoms with Crippen molar-refractivity contribution in [1.82, 2.24) is 10.3 Å². The second kappa shape index (κ2) is 5.77. The van der Waals surface area contributed by atoms with Gasteiger partial charge in [0, 0.05) is 22.2 Å². The fourth-order valence-corrected chi connectivity index (χ4v) is 2.05. The van der Waals surface area contributed by atoms with Gasteiger partial charge >= 0.3 is 5.97 Å². The molecule has 1 unspecified atom stereocenters. The smallest absolute Gasteiger partial charge is 0.331 e. The van der Waals surface area contributed by atoms with Crippen LogP contribution in [0.15, 0.2) is 17.3 Å². The quantitative estimate of drug-likeness (QED) is 0.819. The van der Waals surface area contributed by atoms with Crippen LogP contribution in [0.5, 0.6) is 0 Å². The number of rotatable bonds is 4. The van der Waals surface area contributed by atoms with Crippen LogP contribution in [0.25, 0.3) is 0 Å². The van der Waals surface area contributed by atoms with E-state index < -0.39 is 5.97 Å². The third kappa shape index (κ3) is 3.40. The molecule has 0 aromatic carbocycles. The van der Waals surface area contributed by atoms with Crippen LogP contribution in [0.1, 0.15) is 36.7 Å². The summed E-state index contributed by atoms with van der Waals surface area (Å²) in [6.45, 7) is 6.67. The molecular weight excluding hydrogens is 252 g/mol. The van der Waals surface area contributed by atoms with Crippen molar-refractivity contribution >= 4 is 23.2 Å². The van der Waals surface area contributed by atoms with Crippen LogP contribution < -0.4 is 5.32 Å². The lowest BCUT2D eigenvalue weighted by Crippen LogP contribution is -2.28. The van der Waals surface area contributed by atoms with Gasteiger partial charge in [-0.2, -0.15) is 0 Å². The Morgan fingerprint density at radius 1 is 1.39 bits per heavy atom. The van der Waals surface area contributed by atoms with Crippen molar-refractivity contribution in [1.29, 1.82) is 0 Å². The average molecular weight is 268 g/mol. The van der Waals surface area contributed by atoms with Crippen LogP contribution >= 0.6 is 11.3 Å². The summed E-state index contributed by atoms with van der Waals surface area (Å²) < 4.78 is 0. The number of hydrogen-bond donors (Lipinski definition) is 2. The summed E-state index contributed by atoms with van der Waals surface area (Å²) in [5.41, 5.74) is 0.262. The zero-order chi connectivity index (χ0) is 13.9. The molecule has 0 bridgehead atoms. The van der Waals surface area contributed by atoms with Crippen LogP contribution in [0.3, 0.4) is 0 Å². The van der Waals surface area contributed by atoms with Gasteiger partial charge in [-0.3, -0.25) is 4.79 Å². The predicted molar refractivity (Wildman–Crippen MR) is 69.4 cm³/mol. The number of carbonyl (C=O) groups is 2. The lowest BCUT2D eigenvalue weighted by atomic mass is 10.1. The fraction of sp³-hybridized carbons (Fsp3) is 0.417. The maximum Gasteiger partial charge on any atom is 0.331 e. The molecule has 0 saturated heterocycles. The monoisotopic (exact) mass is 268 g/mol. The highest BCUT2D eigenvalue weighted by Crippen LogP contribution is 2.19. The predicted octanol–water partition coefficient (Wildman–Crippen LogP) is 2.05. The molecule has 0 fully saturated rings. The number of aryl methyl sites for hydroxylation is 1. The van der Waals surface area contributed by atoms with E-state index in [0.717, 1.165) is 9.88 Å². The van der Waals surface area contributed by atoms with E-state index in [4.69, 9.17) is 5.11 Å². The van der Waals surface area contributed by atoms with E-state index in [0.29, 0.717) is 0 Å². The highest BCUT2D eigenvalue weighted by Gasteiger charge is 2.17. The Kier molecular flexibility index (Phi) is 4.61. The molecule has 0 aliphatic carbocycles. The molecule has 1 atom stereocenters. The molecule has 18 heavy (non-hydrogen) atoms. The molecule has 1 rings (SSSR count). The number of nitrogens with zero attached hydrogens (tertiary/aromatic N) is 1. The summed E-state index contributed by atoms with van der Waals surface area (Å²) in [4.78, 5) is 27.8. The number of amides is 1. The number of carboxylic acid groups (broad SMARTS) is 1. The maximum atomic E-state index is 11.8. The lowest BCUT2D eigenvalue weighted by molar-refractivity contribution is -0.133. The Hall–Kier alpha value is -1.69. The second-order valence-corrected chi connectivity index (χ2v) is 5.33. The first kappa shape index (κ1) is 14.4. The van der Waals surface area contributed by atoms with Gasteiger partial charge in [0.25, 0.3) is 0 Å². The Morgan fingerprint density at radius 2 is 2.00 bits per heavy atom. The summed E-state index contributed by atoms with van der Waals surface area (Å²) in [7, 11) is 0. The van der Waals surface area contributed by atoms with Crippen molar-refractivity contribution in [3.63, 3.8) is 0 Å². The van der Waals surface area contributed by atoms with Gasteiger partial charge in [-0.15, -0.1) is 11.3 Å². The van der Waals surface area contributed by atoms with Gasteiger partial charge in [0.2, 0.25) is 5.91 Å².